The number of hydrogen-bond donors (Lipinski definition) is 2. The molecule has 0 saturated heterocycles. The maximum atomic E-state index is 5.32. The Morgan fingerprint density at radius 1 is 0.952 bits per heavy atom. The van der Waals surface area contributed by atoms with Crippen molar-refractivity contribution in [2.45, 2.75) is 32.7 Å². The highest BCUT2D eigenvalue weighted by Crippen LogP contribution is 2.23. The van der Waals surface area contributed by atoms with Gasteiger partial charge in [0.1, 0.15) is 0 Å². The van der Waals surface area contributed by atoms with E-state index >= 15 is 0 Å². The zero-order valence-electron chi connectivity index (χ0n) is 12.8. The number of thiocarbonyl (C=S) groups is 1. The van der Waals surface area contributed by atoms with E-state index in [2.05, 4.69) is 67.8 Å². The van der Waals surface area contributed by atoms with Crippen molar-refractivity contribution < 1.29 is 0 Å². The van der Waals surface area contributed by atoms with Gasteiger partial charge < -0.3 is 10.6 Å². The Morgan fingerprint density at radius 3 is 2.14 bits per heavy atom. The molecule has 2 rings (SSSR count). The highest BCUT2D eigenvalue weighted by atomic mass is 32.1. The Hall–Kier alpha value is -1.87. The Balaban J connectivity index is 1.88. The van der Waals surface area contributed by atoms with Crippen molar-refractivity contribution in [1.29, 1.82) is 0 Å². The van der Waals surface area contributed by atoms with Crippen molar-refractivity contribution in [1.82, 2.24) is 5.32 Å². The van der Waals surface area contributed by atoms with Crippen molar-refractivity contribution in [3.63, 3.8) is 0 Å². The minimum atomic E-state index is 0.171. The Bertz CT molecular complexity index is 583. The van der Waals surface area contributed by atoms with Crippen LogP contribution in [-0.4, -0.2) is 5.11 Å². The first-order valence-corrected chi connectivity index (χ1v) is 7.55. The summed E-state index contributed by atoms with van der Waals surface area (Å²) in [4.78, 5) is 0. The number of anilines is 1. The predicted octanol–water partition coefficient (Wildman–Crippen LogP) is 4.47. The molecule has 0 atom stereocenters. The van der Waals surface area contributed by atoms with Crippen LogP contribution in [0.15, 0.2) is 54.6 Å². The highest BCUT2D eigenvalue weighted by molar-refractivity contribution is 7.80. The van der Waals surface area contributed by atoms with Crippen LogP contribution in [0.4, 0.5) is 5.69 Å². The standard InChI is InChI=1S/C18H22N2S/c1-18(2,3)15-9-11-16(12-10-15)20-17(21)19-13-14-7-5-4-6-8-14/h4-12H,13H2,1-3H3,(H2,19,20,21). The fourth-order valence-corrected chi connectivity index (χ4v) is 2.20. The van der Waals surface area contributed by atoms with Crippen molar-refractivity contribution in [3.05, 3.63) is 65.7 Å². The molecule has 0 unspecified atom stereocenters. The van der Waals surface area contributed by atoms with E-state index in [4.69, 9.17) is 12.2 Å². The SMILES string of the molecule is CC(C)(C)c1ccc(NC(=S)NCc2ccccc2)cc1. The zero-order valence-corrected chi connectivity index (χ0v) is 13.6. The van der Waals surface area contributed by atoms with Crippen LogP contribution in [-0.2, 0) is 12.0 Å². The Morgan fingerprint density at radius 2 is 1.57 bits per heavy atom. The van der Waals surface area contributed by atoms with E-state index in [1.54, 1.807) is 0 Å². The number of benzene rings is 2. The lowest BCUT2D eigenvalue weighted by atomic mass is 9.87. The molecule has 0 amide bonds. The van der Waals surface area contributed by atoms with Crippen molar-refractivity contribution in [3.8, 4) is 0 Å². The number of nitrogens with one attached hydrogen (secondary N) is 2. The molecule has 2 aromatic rings. The second-order valence-electron chi connectivity index (χ2n) is 6.12. The highest BCUT2D eigenvalue weighted by Gasteiger charge is 2.12. The summed E-state index contributed by atoms with van der Waals surface area (Å²) in [5.74, 6) is 0. The van der Waals surface area contributed by atoms with Crippen LogP contribution in [0, 0.1) is 0 Å². The van der Waals surface area contributed by atoms with E-state index in [0.29, 0.717) is 5.11 Å². The third-order valence-corrected chi connectivity index (χ3v) is 3.55. The van der Waals surface area contributed by atoms with Crippen molar-refractivity contribution >= 4 is 23.0 Å². The summed E-state index contributed by atoms with van der Waals surface area (Å²) < 4.78 is 0. The lowest BCUT2D eigenvalue weighted by molar-refractivity contribution is 0.590. The van der Waals surface area contributed by atoms with E-state index < -0.39 is 0 Å². The lowest BCUT2D eigenvalue weighted by Gasteiger charge is -2.19. The maximum absolute atomic E-state index is 5.32. The van der Waals surface area contributed by atoms with Gasteiger partial charge in [-0.05, 0) is 40.9 Å². The molecule has 3 heteroatoms. The molecular weight excluding hydrogens is 276 g/mol. The van der Waals surface area contributed by atoms with Crippen LogP contribution in [0.25, 0.3) is 0 Å². The summed E-state index contributed by atoms with van der Waals surface area (Å²) in [6.07, 6.45) is 0. The van der Waals surface area contributed by atoms with Gasteiger partial charge in [0.05, 0.1) is 0 Å². The monoisotopic (exact) mass is 298 g/mol. The lowest BCUT2D eigenvalue weighted by Crippen LogP contribution is -2.27. The second-order valence-corrected chi connectivity index (χ2v) is 6.53. The second kappa shape index (κ2) is 6.72. The van der Waals surface area contributed by atoms with Crippen molar-refractivity contribution in [2.24, 2.45) is 0 Å². The molecule has 0 heterocycles. The summed E-state index contributed by atoms with van der Waals surface area (Å²) in [5.41, 5.74) is 3.71. The van der Waals surface area contributed by atoms with Crippen LogP contribution in [0.3, 0.4) is 0 Å². The molecule has 0 aromatic heterocycles. The van der Waals surface area contributed by atoms with Gasteiger partial charge in [-0.25, -0.2) is 0 Å². The molecule has 0 aliphatic carbocycles. The minimum Gasteiger partial charge on any atom is -0.358 e. The number of rotatable bonds is 3. The van der Waals surface area contributed by atoms with Crippen LogP contribution in [0.2, 0.25) is 0 Å². The molecular formula is C18H22N2S. The Labute approximate surface area is 132 Å². The summed E-state index contributed by atoms with van der Waals surface area (Å²) >= 11 is 5.32. The van der Waals surface area contributed by atoms with Crippen LogP contribution < -0.4 is 10.6 Å². The topological polar surface area (TPSA) is 24.1 Å². The van der Waals surface area contributed by atoms with Crippen LogP contribution in [0.5, 0.6) is 0 Å². The maximum Gasteiger partial charge on any atom is 0.171 e. The summed E-state index contributed by atoms with van der Waals surface area (Å²) in [6, 6.07) is 18.6. The normalized spacial score (nSPS) is 11.0. The first-order valence-electron chi connectivity index (χ1n) is 7.14. The van der Waals surface area contributed by atoms with Gasteiger partial charge in [-0.1, -0.05) is 63.2 Å². The van der Waals surface area contributed by atoms with Gasteiger partial charge in [-0.3, -0.25) is 0 Å². The third kappa shape index (κ3) is 4.87. The summed E-state index contributed by atoms with van der Waals surface area (Å²) in [7, 11) is 0. The van der Waals surface area contributed by atoms with E-state index in [9.17, 15) is 0 Å². The van der Waals surface area contributed by atoms with Crippen molar-refractivity contribution in [2.75, 3.05) is 5.32 Å². The average molecular weight is 298 g/mol. The molecule has 0 aliphatic rings. The van der Waals surface area contributed by atoms with Gasteiger partial charge in [-0.2, -0.15) is 0 Å². The molecule has 0 spiro atoms. The smallest absolute Gasteiger partial charge is 0.171 e. The van der Waals surface area contributed by atoms with Crippen LogP contribution in [0.1, 0.15) is 31.9 Å². The molecule has 0 saturated carbocycles. The molecule has 0 bridgehead atoms. The fourth-order valence-electron chi connectivity index (χ4n) is 2.01. The number of hydrogen-bond acceptors (Lipinski definition) is 1. The van der Waals surface area contributed by atoms with Gasteiger partial charge in [0.25, 0.3) is 0 Å². The van der Waals surface area contributed by atoms with Gasteiger partial charge in [0.15, 0.2) is 5.11 Å². The molecule has 0 fully saturated rings. The first kappa shape index (κ1) is 15.5. The fraction of sp³-hybridized carbons (Fsp3) is 0.278. The molecule has 2 N–H and O–H groups in total. The zero-order chi connectivity index (χ0) is 15.3. The first-order chi connectivity index (χ1) is 9.95. The summed E-state index contributed by atoms with van der Waals surface area (Å²) in [6.45, 7) is 7.36. The predicted molar refractivity (Wildman–Crippen MR) is 94.6 cm³/mol. The molecule has 21 heavy (non-hydrogen) atoms. The molecule has 2 nitrogen and oxygen atoms in total. The molecule has 0 radical (unpaired) electrons. The van der Waals surface area contributed by atoms with Gasteiger partial charge in [0.2, 0.25) is 0 Å². The minimum absolute atomic E-state index is 0.171. The van der Waals surface area contributed by atoms with E-state index in [-0.39, 0.29) is 5.41 Å². The van der Waals surface area contributed by atoms with Gasteiger partial charge in [0, 0.05) is 12.2 Å². The largest absolute Gasteiger partial charge is 0.358 e. The molecule has 0 aliphatic heterocycles. The van der Waals surface area contributed by atoms with Crippen LogP contribution >= 0.6 is 12.2 Å². The van der Waals surface area contributed by atoms with E-state index in [0.717, 1.165) is 12.2 Å². The summed E-state index contributed by atoms with van der Waals surface area (Å²) in [5, 5.41) is 7.06. The molecule has 110 valence electrons. The quantitative estimate of drug-likeness (QED) is 0.818. The van der Waals surface area contributed by atoms with E-state index in [1.807, 2.05) is 18.2 Å². The van der Waals surface area contributed by atoms with Gasteiger partial charge in [-0.15, -0.1) is 0 Å². The molecule has 2 aromatic carbocycles. The van der Waals surface area contributed by atoms with Gasteiger partial charge >= 0.3 is 0 Å². The Kier molecular flexibility index (Phi) is 4.97. The third-order valence-electron chi connectivity index (χ3n) is 3.30. The average Bonchev–Trinajstić information content (AvgIpc) is 2.46. The van der Waals surface area contributed by atoms with E-state index in [1.165, 1.54) is 11.1 Å².